The summed E-state index contributed by atoms with van der Waals surface area (Å²) in [5.41, 5.74) is 1.02. The lowest BCUT2D eigenvalue weighted by Crippen LogP contribution is -2.21. The Morgan fingerprint density at radius 3 is 2.67 bits per heavy atom. The molecule has 0 aliphatic rings. The molecule has 0 bridgehead atoms. The molecule has 0 aliphatic heterocycles. The molecule has 2 aromatic rings. The molecule has 0 aliphatic carbocycles. The molecule has 94 valence electrons. The van der Waals surface area contributed by atoms with Gasteiger partial charge in [-0.1, -0.05) is 24.3 Å². The number of para-hydroxylation sites is 1. The number of rotatable bonds is 6. The Balaban J connectivity index is 1.65. The fourth-order valence-electron chi connectivity index (χ4n) is 1.52. The lowest BCUT2D eigenvalue weighted by Gasteiger charge is -2.07. The molecule has 1 heterocycles. The van der Waals surface area contributed by atoms with Crippen molar-refractivity contribution in [3.8, 4) is 5.75 Å². The summed E-state index contributed by atoms with van der Waals surface area (Å²) in [7, 11) is 0. The van der Waals surface area contributed by atoms with Gasteiger partial charge in [0.25, 0.3) is 0 Å². The molecule has 0 radical (unpaired) electrons. The fraction of sp³-hybridized carbons (Fsp3) is 0.214. The SMILES string of the molecule is Brc1cccc(CNCCOc2ccccc2)n1. The first-order valence-corrected chi connectivity index (χ1v) is 6.64. The molecule has 0 amide bonds. The normalized spacial score (nSPS) is 10.3. The van der Waals surface area contributed by atoms with Crippen LogP contribution in [0.4, 0.5) is 0 Å². The second-order valence-electron chi connectivity index (χ2n) is 3.79. The largest absolute Gasteiger partial charge is 0.492 e. The van der Waals surface area contributed by atoms with E-state index in [4.69, 9.17) is 4.74 Å². The molecular weight excluding hydrogens is 292 g/mol. The Morgan fingerprint density at radius 2 is 1.89 bits per heavy atom. The molecule has 0 spiro atoms. The first-order chi connectivity index (χ1) is 8.84. The maximum atomic E-state index is 5.58. The van der Waals surface area contributed by atoms with Gasteiger partial charge in [-0.2, -0.15) is 0 Å². The van der Waals surface area contributed by atoms with Gasteiger partial charge in [-0.25, -0.2) is 4.98 Å². The van der Waals surface area contributed by atoms with Crippen LogP contribution in [-0.4, -0.2) is 18.1 Å². The molecule has 1 aromatic carbocycles. The Bertz CT molecular complexity index is 476. The third-order valence-electron chi connectivity index (χ3n) is 2.37. The van der Waals surface area contributed by atoms with Crippen LogP contribution in [0.1, 0.15) is 5.69 Å². The highest BCUT2D eigenvalue weighted by atomic mass is 79.9. The molecule has 1 N–H and O–H groups in total. The Labute approximate surface area is 115 Å². The highest BCUT2D eigenvalue weighted by Gasteiger charge is 1.95. The molecule has 18 heavy (non-hydrogen) atoms. The van der Waals surface area contributed by atoms with Crippen LogP contribution < -0.4 is 10.1 Å². The van der Waals surface area contributed by atoms with Crippen LogP contribution in [0.25, 0.3) is 0 Å². The molecule has 0 saturated heterocycles. The molecule has 4 heteroatoms. The van der Waals surface area contributed by atoms with Gasteiger partial charge >= 0.3 is 0 Å². The quantitative estimate of drug-likeness (QED) is 0.658. The van der Waals surface area contributed by atoms with Gasteiger partial charge in [-0.05, 0) is 40.2 Å². The number of hydrogen-bond acceptors (Lipinski definition) is 3. The highest BCUT2D eigenvalue weighted by molar-refractivity contribution is 9.10. The van der Waals surface area contributed by atoms with E-state index in [2.05, 4.69) is 26.2 Å². The molecule has 0 saturated carbocycles. The number of ether oxygens (including phenoxy) is 1. The van der Waals surface area contributed by atoms with Crippen LogP contribution >= 0.6 is 15.9 Å². The van der Waals surface area contributed by atoms with E-state index in [1.807, 2.05) is 48.5 Å². The zero-order valence-corrected chi connectivity index (χ0v) is 11.6. The van der Waals surface area contributed by atoms with Gasteiger partial charge in [0.1, 0.15) is 17.0 Å². The van der Waals surface area contributed by atoms with Crippen molar-refractivity contribution in [1.29, 1.82) is 0 Å². The minimum atomic E-state index is 0.651. The number of hydrogen-bond donors (Lipinski definition) is 1. The lowest BCUT2D eigenvalue weighted by atomic mass is 10.3. The summed E-state index contributed by atoms with van der Waals surface area (Å²) in [5.74, 6) is 0.903. The smallest absolute Gasteiger partial charge is 0.119 e. The van der Waals surface area contributed by atoms with Gasteiger partial charge in [0.15, 0.2) is 0 Å². The van der Waals surface area contributed by atoms with E-state index in [1.54, 1.807) is 0 Å². The molecule has 0 atom stereocenters. The first-order valence-electron chi connectivity index (χ1n) is 5.84. The van der Waals surface area contributed by atoms with Crippen LogP contribution in [0.2, 0.25) is 0 Å². The zero-order chi connectivity index (χ0) is 12.6. The highest BCUT2D eigenvalue weighted by Crippen LogP contribution is 2.07. The van der Waals surface area contributed by atoms with E-state index >= 15 is 0 Å². The van der Waals surface area contributed by atoms with Crippen molar-refractivity contribution >= 4 is 15.9 Å². The summed E-state index contributed by atoms with van der Waals surface area (Å²) >= 11 is 3.35. The second-order valence-corrected chi connectivity index (χ2v) is 4.60. The Hall–Kier alpha value is -1.39. The van der Waals surface area contributed by atoms with Gasteiger partial charge in [0.2, 0.25) is 0 Å². The predicted molar refractivity (Wildman–Crippen MR) is 75.6 cm³/mol. The standard InChI is InChI=1S/C14H15BrN2O/c15-14-8-4-5-12(17-14)11-16-9-10-18-13-6-2-1-3-7-13/h1-8,16H,9-11H2. The summed E-state index contributed by atoms with van der Waals surface area (Å²) in [6.45, 7) is 2.19. The number of halogens is 1. The number of nitrogens with zero attached hydrogens (tertiary/aromatic N) is 1. The van der Waals surface area contributed by atoms with Crippen LogP contribution in [0.15, 0.2) is 53.1 Å². The molecular formula is C14H15BrN2O. The van der Waals surface area contributed by atoms with Gasteiger partial charge < -0.3 is 10.1 Å². The average Bonchev–Trinajstić information content (AvgIpc) is 2.40. The van der Waals surface area contributed by atoms with Crippen molar-refractivity contribution in [2.24, 2.45) is 0 Å². The summed E-state index contributed by atoms with van der Waals surface area (Å²) in [6.07, 6.45) is 0. The maximum absolute atomic E-state index is 5.58. The van der Waals surface area contributed by atoms with E-state index < -0.39 is 0 Å². The topological polar surface area (TPSA) is 34.1 Å². The average molecular weight is 307 g/mol. The molecule has 3 nitrogen and oxygen atoms in total. The number of pyridine rings is 1. The first kappa shape index (κ1) is 13.1. The van der Waals surface area contributed by atoms with Crippen molar-refractivity contribution in [2.75, 3.05) is 13.2 Å². The molecule has 2 rings (SSSR count). The molecule has 1 aromatic heterocycles. The van der Waals surface area contributed by atoms with Crippen molar-refractivity contribution in [3.05, 3.63) is 58.8 Å². The van der Waals surface area contributed by atoms with Gasteiger partial charge in [0, 0.05) is 13.1 Å². The van der Waals surface area contributed by atoms with Crippen LogP contribution in [0.5, 0.6) is 5.75 Å². The van der Waals surface area contributed by atoms with E-state index in [0.717, 1.165) is 29.1 Å². The maximum Gasteiger partial charge on any atom is 0.119 e. The number of benzene rings is 1. The summed E-state index contributed by atoms with van der Waals surface area (Å²) in [6, 6.07) is 15.7. The van der Waals surface area contributed by atoms with Crippen molar-refractivity contribution in [3.63, 3.8) is 0 Å². The van der Waals surface area contributed by atoms with E-state index in [0.29, 0.717) is 6.61 Å². The number of aromatic nitrogens is 1. The van der Waals surface area contributed by atoms with Crippen molar-refractivity contribution in [2.45, 2.75) is 6.54 Å². The van der Waals surface area contributed by atoms with Crippen molar-refractivity contribution < 1.29 is 4.74 Å². The van der Waals surface area contributed by atoms with E-state index in [9.17, 15) is 0 Å². The van der Waals surface area contributed by atoms with Gasteiger partial charge in [0.05, 0.1) is 5.69 Å². The van der Waals surface area contributed by atoms with Crippen LogP contribution in [0, 0.1) is 0 Å². The minimum Gasteiger partial charge on any atom is -0.492 e. The minimum absolute atomic E-state index is 0.651. The van der Waals surface area contributed by atoms with Crippen molar-refractivity contribution in [1.82, 2.24) is 10.3 Å². The zero-order valence-electron chi connectivity index (χ0n) is 9.97. The predicted octanol–water partition coefficient (Wildman–Crippen LogP) is 3.01. The third kappa shape index (κ3) is 4.47. The Kier molecular flexibility index (Phi) is 5.17. The van der Waals surface area contributed by atoms with Gasteiger partial charge in [-0.15, -0.1) is 0 Å². The summed E-state index contributed by atoms with van der Waals surface area (Å²) in [5, 5.41) is 3.29. The molecule has 0 unspecified atom stereocenters. The Morgan fingerprint density at radius 1 is 1.06 bits per heavy atom. The third-order valence-corrected chi connectivity index (χ3v) is 2.81. The van der Waals surface area contributed by atoms with Crippen LogP contribution in [-0.2, 0) is 6.54 Å². The molecule has 0 fully saturated rings. The van der Waals surface area contributed by atoms with E-state index in [1.165, 1.54) is 0 Å². The number of nitrogens with one attached hydrogen (secondary N) is 1. The summed E-state index contributed by atoms with van der Waals surface area (Å²) < 4.78 is 6.44. The van der Waals surface area contributed by atoms with Gasteiger partial charge in [-0.3, -0.25) is 0 Å². The lowest BCUT2D eigenvalue weighted by molar-refractivity contribution is 0.313. The van der Waals surface area contributed by atoms with Crippen LogP contribution in [0.3, 0.4) is 0 Å². The second kappa shape index (κ2) is 7.13. The monoisotopic (exact) mass is 306 g/mol. The van der Waals surface area contributed by atoms with E-state index in [-0.39, 0.29) is 0 Å². The fourth-order valence-corrected chi connectivity index (χ4v) is 1.90. The summed E-state index contributed by atoms with van der Waals surface area (Å²) in [4.78, 5) is 4.34.